The molecule has 92 valence electrons. The molecule has 0 aromatic rings. The van der Waals surface area contributed by atoms with Gasteiger partial charge in [-0.3, -0.25) is 0 Å². The van der Waals surface area contributed by atoms with Crippen LogP contribution < -0.4 is 0 Å². The largest absolute Gasteiger partial charge is 0.0922 e. The molecule has 1 heteroatoms. The van der Waals surface area contributed by atoms with Gasteiger partial charge in [0, 0.05) is 5.33 Å². The molecule has 0 bridgehead atoms. The van der Waals surface area contributed by atoms with Crippen molar-refractivity contribution in [2.24, 2.45) is 5.41 Å². The Balaban J connectivity index is 3.11. The van der Waals surface area contributed by atoms with Gasteiger partial charge in [-0.25, -0.2) is 0 Å². The van der Waals surface area contributed by atoms with Crippen molar-refractivity contribution in [3.8, 4) is 0 Å². The molecule has 0 unspecified atom stereocenters. The third kappa shape index (κ3) is 10.8. The summed E-state index contributed by atoms with van der Waals surface area (Å²) in [5.74, 6) is 0. The maximum absolute atomic E-state index is 3.58. The van der Waals surface area contributed by atoms with Crippen molar-refractivity contribution in [2.45, 2.75) is 78.6 Å². The van der Waals surface area contributed by atoms with Crippen LogP contribution in [0.2, 0.25) is 0 Å². The number of unbranched alkanes of at least 4 members (excludes halogenated alkanes) is 7. The second-order valence-corrected chi connectivity index (χ2v) is 6.08. The molecule has 0 saturated heterocycles. The SMILES string of the molecule is CCCCCCCCCCC(C)(C)CBr. The predicted octanol–water partition coefficient (Wildman–Crippen LogP) is 5.94. The summed E-state index contributed by atoms with van der Waals surface area (Å²) in [6.45, 7) is 6.98. The Morgan fingerprint density at radius 3 is 1.73 bits per heavy atom. The van der Waals surface area contributed by atoms with Crippen LogP contribution in [0.1, 0.15) is 78.6 Å². The van der Waals surface area contributed by atoms with Gasteiger partial charge >= 0.3 is 0 Å². The summed E-state index contributed by atoms with van der Waals surface area (Å²) in [6.07, 6.45) is 12.8. The molecule has 0 heterocycles. The van der Waals surface area contributed by atoms with E-state index in [1.165, 1.54) is 57.8 Å². The Hall–Kier alpha value is 0.480. The predicted molar refractivity (Wildman–Crippen MR) is 74.8 cm³/mol. The number of alkyl halides is 1. The number of hydrogen-bond acceptors (Lipinski definition) is 0. The summed E-state index contributed by atoms with van der Waals surface area (Å²) >= 11 is 3.58. The smallest absolute Gasteiger partial charge is 0.00826 e. The van der Waals surface area contributed by atoms with Crippen LogP contribution in [-0.4, -0.2) is 5.33 Å². The Kier molecular flexibility index (Phi) is 10.00. The Labute approximate surface area is 105 Å². The minimum Gasteiger partial charge on any atom is -0.0922 e. The summed E-state index contributed by atoms with van der Waals surface area (Å²) in [5, 5.41) is 1.14. The van der Waals surface area contributed by atoms with Crippen molar-refractivity contribution in [1.82, 2.24) is 0 Å². The molecule has 0 N–H and O–H groups in total. The summed E-state index contributed by atoms with van der Waals surface area (Å²) in [5.41, 5.74) is 0.502. The Morgan fingerprint density at radius 1 is 0.800 bits per heavy atom. The molecule has 0 amide bonds. The molecule has 0 rings (SSSR count). The molecular formula is C14H29Br. The van der Waals surface area contributed by atoms with Crippen LogP contribution in [0.15, 0.2) is 0 Å². The fourth-order valence-electron chi connectivity index (χ4n) is 1.80. The van der Waals surface area contributed by atoms with Crippen molar-refractivity contribution in [3.05, 3.63) is 0 Å². The van der Waals surface area contributed by atoms with Crippen LogP contribution in [0.4, 0.5) is 0 Å². The highest BCUT2D eigenvalue weighted by Crippen LogP contribution is 2.26. The third-order valence-electron chi connectivity index (χ3n) is 3.07. The number of rotatable bonds is 10. The Morgan fingerprint density at radius 2 is 1.27 bits per heavy atom. The van der Waals surface area contributed by atoms with Crippen LogP contribution >= 0.6 is 15.9 Å². The molecule has 0 spiro atoms. The van der Waals surface area contributed by atoms with Crippen molar-refractivity contribution in [3.63, 3.8) is 0 Å². The van der Waals surface area contributed by atoms with Gasteiger partial charge in [0.15, 0.2) is 0 Å². The maximum atomic E-state index is 3.58. The van der Waals surface area contributed by atoms with Crippen LogP contribution in [0.25, 0.3) is 0 Å². The second kappa shape index (κ2) is 9.69. The van der Waals surface area contributed by atoms with Gasteiger partial charge in [-0.1, -0.05) is 88.1 Å². The average molecular weight is 277 g/mol. The fraction of sp³-hybridized carbons (Fsp3) is 1.00. The standard InChI is InChI=1S/C14H29Br/c1-4-5-6-7-8-9-10-11-12-14(2,3)13-15/h4-13H2,1-3H3. The summed E-state index contributed by atoms with van der Waals surface area (Å²) in [7, 11) is 0. The van der Waals surface area contributed by atoms with Crippen molar-refractivity contribution < 1.29 is 0 Å². The normalized spacial score (nSPS) is 12.0. The van der Waals surface area contributed by atoms with Gasteiger partial charge < -0.3 is 0 Å². The molecule has 0 nitrogen and oxygen atoms in total. The minimum absolute atomic E-state index is 0.502. The van der Waals surface area contributed by atoms with E-state index in [1.807, 2.05) is 0 Å². The monoisotopic (exact) mass is 276 g/mol. The lowest BCUT2D eigenvalue weighted by molar-refractivity contribution is 0.367. The topological polar surface area (TPSA) is 0 Å². The lowest BCUT2D eigenvalue weighted by Crippen LogP contribution is -2.12. The molecule has 0 atom stereocenters. The first kappa shape index (κ1) is 15.5. The van der Waals surface area contributed by atoms with E-state index in [0.29, 0.717) is 5.41 Å². The van der Waals surface area contributed by atoms with Crippen molar-refractivity contribution in [1.29, 1.82) is 0 Å². The fourth-order valence-corrected chi connectivity index (χ4v) is 2.08. The van der Waals surface area contributed by atoms with Crippen LogP contribution in [0, 0.1) is 5.41 Å². The molecule has 0 fully saturated rings. The van der Waals surface area contributed by atoms with E-state index in [-0.39, 0.29) is 0 Å². The van der Waals surface area contributed by atoms with Gasteiger partial charge in [0.05, 0.1) is 0 Å². The van der Waals surface area contributed by atoms with E-state index in [2.05, 4.69) is 36.7 Å². The summed E-state index contributed by atoms with van der Waals surface area (Å²) in [6, 6.07) is 0. The van der Waals surface area contributed by atoms with Crippen molar-refractivity contribution in [2.75, 3.05) is 5.33 Å². The highest BCUT2D eigenvalue weighted by atomic mass is 79.9. The quantitative estimate of drug-likeness (QED) is 0.342. The van der Waals surface area contributed by atoms with E-state index in [1.54, 1.807) is 0 Å². The molecule has 0 aliphatic carbocycles. The molecule has 15 heavy (non-hydrogen) atoms. The molecule has 0 aromatic carbocycles. The number of hydrogen-bond donors (Lipinski definition) is 0. The van der Waals surface area contributed by atoms with E-state index in [0.717, 1.165) is 5.33 Å². The second-order valence-electron chi connectivity index (χ2n) is 5.52. The molecule has 0 saturated carbocycles. The first-order valence-corrected chi connectivity index (χ1v) is 7.80. The van der Waals surface area contributed by atoms with Gasteiger partial charge in [0.2, 0.25) is 0 Å². The van der Waals surface area contributed by atoms with E-state index >= 15 is 0 Å². The van der Waals surface area contributed by atoms with E-state index < -0.39 is 0 Å². The first-order chi connectivity index (χ1) is 7.12. The van der Waals surface area contributed by atoms with E-state index in [9.17, 15) is 0 Å². The zero-order chi connectivity index (χ0) is 11.6. The zero-order valence-corrected chi connectivity index (χ0v) is 12.5. The van der Waals surface area contributed by atoms with Crippen LogP contribution in [0.5, 0.6) is 0 Å². The van der Waals surface area contributed by atoms with Gasteiger partial charge in [-0.05, 0) is 11.8 Å². The highest BCUT2D eigenvalue weighted by Gasteiger charge is 2.14. The molecule has 0 aliphatic heterocycles. The lowest BCUT2D eigenvalue weighted by atomic mass is 9.89. The lowest BCUT2D eigenvalue weighted by Gasteiger charge is -2.20. The third-order valence-corrected chi connectivity index (χ3v) is 4.59. The van der Waals surface area contributed by atoms with Gasteiger partial charge in [0.1, 0.15) is 0 Å². The Bertz CT molecular complexity index is 129. The first-order valence-electron chi connectivity index (χ1n) is 6.68. The molecule has 0 aliphatic rings. The van der Waals surface area contributed by atoms with Gasteiger partial charge in [-0.2, -0.15) is 0 Å². The van der Waals surface area contributed by atoms with E-state index in [4.69, 9.17) is 0 Å². The average Bonchev–Trinajstić information content (AvgIpc) is 2.22. The molecular weight excluding hydrogens is 248 g/mol. The summed E-state index contributed by atoms with van der Waals surface area (Å²) < 4.78 is 0. The van der Waals surface area contributed by atoms with Crippen LogP contribution in [-0.2, 0) is 0 Å². The van der Waals surface area contributed by atoms with Crippen LogP contribution in [0.3, 0.4) is 0 Å². The molecule has 0 radical (unpaired) electrons. The van der Waals surface area contributed by atoms with Gasteiger partial charge in [-0.15, -0.1) is 0 Å². The maximum Gasteiger partial charge on any atom is 0.00826 e. The highest BCUT2D eigenvalue weighted by molar-refractivity contribution is 9.09. The minimum atomic E-state index is 0.502. The van der Waals surface area contributed by atoms with Crippen molar-refractivity contribution >= 4 is 15.9 Å². The zero-order valence-electron chi connectivity index (χ0n) is 10.9. The summed E-state index contributed by atoms with van der Waals surface area (Å²) in [4.78, 5) is 0. The number of halogens is 1. The van der Waals surface area contributed by atoms with Gasteiger partial charge in [0.25, 0.3) is 0 Å². The molecule has 0 aromatic heterocycles.